The van der Waals surface area contributed by atoms with Gasteiger partial charge >= 0.3 is 0 Å². The molecule has 1 aromatic rings. The molecule has 1 aliphatic heterocycles. The molecule has 0 aliphatic carbocycles. The summed E-state index contributed by atoms with van der Waals surface area (Å²) in [5.74, 6) is 0.882. The number of hydrogen-bond donors (Lipinski definition) is 0. The van der Waals surface area contributed by atoms with Crippen LogP contribution in [0.1, 0.15) is 39.2 Å². The van der Waals surface area contributed by atoms with Crippen molar-refractivity contribution in [3.8, 4) is 0 Å². The van der Waals surface area contributed by atoms with Crippen molar-refractivity contribution >= 4 is 0 Å². The Bertz CT molecular complexity index is 268. The summed E-state index contributed by atoms with van der Waals surface area (Å²) in [5.41, 5.74) is 1.45. The summed E-state index contributed by atoms with van der Waals surface area (Å²) in [6.45, 7) is 10.0. The fourth-order valence-electron chi connectivity index (χ4n) is 2.27. The molecule has 0 amide bonds. The van der Waals surface area contributed by atoms with Crippen LogP contribution in [0.4, 0.5) is 0 Å². The molecule has 2 rings (SSSR count). The van der Waals surface area contributed by atoms with Crippen molar-refractivity contribution < 1.29 is 0 Å². The highest BCUT2D eigenvalue weighted by Crippen LogP contribution is 2.17. The predicted octanol–water partition coefficient (Wildman–Crippen LogP) is 3.94. The van der Waals surface area contributed by atoms with Gasteiger partial charge < -0.3 is 0 Å². The highest BCUT2D eigenvalue weighted by molar-refractivity contribution is 5.14. The van der Waals surface area contributed by atoms with Crippen LogP contribution >= 0.6 is 0 Å². The minimum Gasteiger partial charge on any atom is -0.299 e. The van der Waals surface area contributed by atoms with Gasteiger partial charge in [0.25, 0.3) is 0 Å². The van der Waals surface area contributed by atoms with Gasteiger partial charge in [0.05, 0.1) is 0 Å². The zero-order valence-corrected chi connectivity index (χ0v) is 10.9. The molecule has 0 radical (unpaired) electrons. The van der Waals surface area contributed by atoms with Crippen molar-refractivity contribution in [2.45, 2.75) is 40.2 Å². The van der Waals surface area contributed by atoms with Crippen LogP contribution in [0.15, 0.2) is 30.3 Å². The number of benzene rings is 1. The van der Waals surface area contributed by atoms with Crippen LogP contribution in [0.25, 0.3) is 0 Å². The second-order valence-electron chi connectivity index (χ2n) is 4.47. The third kappa shape index (κ3) is 4.36. The molecule has 1 aliphatic rings. The zero-order chi connectivity index (χ0) is 11.8. The monoisotopic (exact) mass is 219 g/mol. The summed E-state index contributed by atoms with van der Waals surface area (Å²) in [4.78, 5) is 2.57. The molecule has 1 nitrogen and oxygen atoms in total. The van der Waals surface area contributed by atoms with Crippen molar-refractivity contribution in [2.24, 2.45) is 5.92 Å². The van der Waals surface area contributed by atoms with Crippen molar-refractivity contribution in [1.82, 2.24) is 4.90 Å². The lowest BCUT2D eigenvalue weighted by Gasteiger charge is -2.30. The minimum atomic E-state index is 0.882. The molecule has 1 aromatic carbocycles. The molecule has 1 unspecified atom stereocenters. The van der Waals surface area contributed by atoms with Crippen molar-refractivity contribution in [3.63, 3.8) is 0 Å². The summed E-state index contributed by atoms with van der Waals surface area (Å²) in [7, 11) is 0. The van der Waals surface area contributed by atoms with E-state index in [1.54, 1.807) is 0 Å². The van der Waals surface area contributed by atoms with Crippen molar-refractivity contribution in [3.05, 3.63) is 35.9 Å². The Balaban J connectivity index is 0.000000606. The molecule has 1 atom stereocenters. The van der Waals surface area contributed by atoms with Crippen molar-refractivity contribution in [1.29, 1.82) is 0 Å². The Kier molecular flexibility index (Phi) is 6.17. The molecular formula is C15H25N. The number of likely N-dealkylation sites (tertiary alicyclic amines) is 1. The van der Waals surface area contributed by atoms with E-state index in [4.69, 9.17) is 0 Å². The number of piperidine rings is 1. The first-order valence-corrected chi connectivity index (χ1v) is 6.61. The van der Waals surface area contributed by atoms with E-state index in [9.17, 15) is 0 Å². The molecule has 0 bridgehead atoms. The van der Waals surface area contributed by atoms with E-state index in [2.05, 4.69) is 42.2 Å². The van der Waals surface area contributed by atoms with Crippen LogP contribution in [-0.4, -0.2) is 18.0 Å². The lowest BCUT2D eigenvalue weighted by Crippen LogP contribution is -2.33. The van der Waals surface area contributed by atoms with Crippen LogP contribution in [-0.2, 0) is 6.54 Å². The maximum atomic E-state index is 2.57. The molecule has 1 fully saturated rings. The highest BCUT2D eigenvalue weighted by atomic mass is 15.1. The Morgan fingerprint density at radius 3 is 2.50 bits per heavy atom. The molecule has 90 valence electrons. The van der Waals surface area contributed by atoms with E-state index in [1.165, 1.54) is 31.5 Å². The summed E-state index contributed by atoms with van der Waals surface area (Å²) in [5, 5.41) is 0. The van der Waals surface area contributed by atoms with E-state index in [1.807, 2.05) is 13.8 Å². The van der Waals surface area contributed by atoms with Crippen LogP contribution in [0, 0.1) is 5.92 Å². The lowest BCUT2D eigenvalue weighted by molar-refractivity contribution is 0.176. The van der Waals surface area contributed by atoms with E-state index in [0.717, 1.165) is 12.5 Å². The Morgan fingerprint density at radius 2 is 1.88 bits per heavy atom. The Labute approximate surface area is 100 Å². The Hall–Kier alpha value is -0.820. The van der Waals surface area contributed by atoms with Gasteiger partial charge in [0.1, 0.15) is 0 Å². The fourth-order valence-corrected chi connectivity index (χ4v) is 2.27. The second-order valence-corrected chi connectivity index (χ2v) is 4.47. The molecule has 0 spiro atoms. The summed E-state index contributed by atoms with van der Waals surface area (Å²) in [6.07, 6.45) is 2.78. The first-order chi connectivity index (χ1) is 7.84. The lowest BCUT2D eigenvalue weighted by atomic mass is 10.00. The largest absolute Gasteiger partial charge is 0.299 e. The summed E-state index contributed by atoms with van der Waals surface area (Å²) in [6, 6.07) is 10.8. The van der Waals surface area contributed by atoms with E-state index < -0.39 is 0 Å². The van der Waals surface area contributed by atoms with E-state index >= 15 is 0 Å². The maximum Gasteiger partial charge on any atom is 0.0233 e. The van der Waals surface area contributed by atoms with Crippen LogP contribution in [0.3, 0.4) is 0 Å². The van der Waals surface area contributed by atoms with Crippen molar-refractivity contribution in [2.75, 3.05) is 13.1 Å². The Morgan fingerprint density at radius 1 is 1.19 bits per heavy atom. The molecule has 1 heteroatoms. The third-order valence-corrected chi connectivity index (χ3v) is 2.99. The molecule has 0 N–H and O–H groups in total. The van der Waals surface area contributed by atoms with Crippen LogP contribution < -0.4 is 0 Å². The van der Waals surface area contributed by atoms with Gasteiger partial charge in [-0.25, -0.2) is 0 Å². The molecule has 0 aromatic heterocycles. The van der Waals surface area contributed by atoms with Gasteiger partial charge in [-0.3, -0.25) is 4.90 Å². The van der Waals surface area contributed by atoms with Gasteiger partial charge in [0.2, 0.25) is 0 Å². The number of nitrogens with zero attached hydrogens (tertiary/aromatic N) is 1. The van der Waals surface area contributed by atoms with Crippen LogP contribution in [0.2, 0.25) is 0 Å². The molecule has 1 heterocycles. The summed E-state index contributed by atoms with van der Waals surface area (Å²) >= 11 is 0. The molecule has 0 saturated carbocycles. The van der Waals surface area contributed by atoms with Gasteiger partial charge in [0.15, 0.2) is 0 Å². The average Bonchev–Trinajstić information content (AvgIpc) is 2.33. The average molecular weight is 219 g/mol. The zero-order valence-electron chi connectivity index (χ0n) is 10.9. The third-order valence-electron chi connectivity index (χ3n) is 2.99. The fraction of sp³-hybridized carbons (Fsp3) is 0.600. The first kappa shape index (κ1) is 13.2. The maximum absolute atomic E-state index is 2.57. The first-order valence-electron chi connectivity index (χ1n) is 6.61. The van der Waals surface area contributed by atoms with Gasteiger partial charge in [-0.1, -0.05) is 51.1 Å². The quantitative estimate of drug-likeness (QED) is 0.728. The molecular weight excluding hydrogens is 194 g/mol. The number of rotatable bonds is 2. The smallest absolute Gasteiger partial charge is 0.0233 e. The minimum absolute atomic E-state index is 0.882. The standard InChI is InChI=1S/C13H19N.C2H6/c1-12-6-5-9-14(10-12)11-13-7-3-2-4-8-13;1-2/h2-4,7-8,12H,5-6,9-11H2,1H3;1-2H3. The van der Waals surface area contributed by atoms with Gasteiger partial charge in [-0.2, -0.15) is 0 Å². The normalized spacial score (nSPS) is 21.1. The van der Waals surface area contributed by atoms with Gasteiger partial charge in [-0.05, 0) is 30.9 Å². The van der Waals surface area contributed by atoms with Gasteiger partial charge in [-0.15, -0.1) is 0 Å². The highest BCUT2D eigenvalue weighted by Gasteiger charge is 2.15. The SMILES string of the molecule is CC.CC1CCCN(Cc2ccccc2)C1. The van der Waals surface area contributed by atoms with Gasteiger partial charge in [0, 0.05) is 13.1 Å². The second kappa shape index (κ2) is 7.45. The molecule has 16 heavy (non-hydrogen) atoms. The topological polar surface area (TPSA) is 3.24 Å². The number of hydrogen-bond acceptors (Lipinski definition) is 1. The van der Waals surface area contributed by atoms with E-state index in [0.29, 0.717) is 0 Å². The predicted molar refractivity (Wildman–Crippen MR) is 71.5 cm³/mol. The molecule has 1 saturated heterocycles. The van der Waals surface area contributed by atoms with E-state index in [-0.39, 0.29) is 0 Å². The van der Waals surface area contributed by atoms with Crippen LogP contribution in [0.5, 0.6) is 0 Å². The summed E-state index contributed by atoms with van der Waals surface area (Å²) < 4.78 is 0.